The highest BCUT2D eigenvalue weighted by molar-refractivity contribution is 6.06. The Balaban J connectivity index is 1.69. The molecule has 45 heavy (non-hydrogen) atoms. The Morgan fingerprint density at radius 2 is 1.51 bits per heavy atom. The summed E-state index contributed by atoms with van der Waals surface area (Å²) in [7, 11) is 0. The fourth-order valence-corrected chi connectivity index (χ4v) is 6.09. The average molecular weight is 618 g/mol. The van der Waals surface area contributed by atoms with Crippen molar-refractivity contribution in [3.05, 3.63) is 47.1 Å². The lowest BCUT2D eigenvalue weighted by Gasteiger charge is -2.30. The SMILES string of the molecule is CC(C)(C)OCC1(C)C=C(/C=C2/CC(C)(C)C(C)(C#N)N2)N=C1/C=C1N=C(/C=C2\NC(=O)CC2(C)COC(C)(C)C)CC/1(C)C. The molecule has 0 saturated carbocycles. The van der Waals surface area contributed by atoms with Crippen LogP contribution in [0.4, 0.5) is 0 Å². The van der Waals surface area contributed by atoms with Gasteiger partial charge in [-0.25, -0.2) is 0 Å². The number of aliphatic imine (C=N–C) groups is 2. The Kier molecular flexibility index (Phi) is 8.79. The number of ether oxygens (including phenoxy) is 2. The van der Waals surface area contributed by atoms with Gasteiger partial charge in [0.15, 0.2) is 0 Å². The monoisotopic (exact) mass is 617 g/mol. The molecule has 0 aromatic heterocycles. The van der Waals surface area contributed by atoms with E-state index in [-0.39, 0.29) is 27.9 Å². The van der Waals surface area contributed by atoms with Crippen molar-refractivity contribution in [3.63, 3.8) is 0 Å². The smallest absolute Gasteiger partial charge is 0.225 e. The van der Waals surface area contributed by atoms with Gasteiger partial charge in [-0.3, -0.25) is 14.8 Å². The van der Waals surface area contributed by atoms with Gasteiger partial charge in [-0.05, 0) is 86.1 Å². The Morgan fingerprint density at radius 1 is 0.889 bits per heavy atom. The van der Waals surface area contributed by atoms with E-state index in [4.69, 9.17) is 19.5 Å². The summed E-state index contributed by atoms with van der Waals surface area (Å²) in [6.07, 6.45) is 10.3. The zero-order chi connectivity index (χ0) is 33.9. The zero-order valence-electron chi connectivity index (χ0n) is 29.9. The number of carbonyl (C=O) groups excluding carboxylic acids is 1. The number of nitrogens with one attached hydrogen (secondary N) is 2. The maximum Gasteiger partial charge on any atom is 0.225 e. The molecule has 0 spiro atoms. The molecule has 1 amide bonds. The van der Waals surface area contributed by atoms with Crippen LogP contribution in [-0.4, -0.2) is 47.3 Å². The maximum absolute atomic E-state index is 12.5. The summed E-state index contributed by atoms with van der Waals surface area (Å²) in [6, 6.07) is 2.47. The molecule has 4 aliphatic rings. The second-order valence-corrected chi connectivity index (χ2v) is 17.4. The first-order valence-corrected chi connectivity index (χ1v) is 16.2. The Morgan fingerprint density at radius 3 is 2.09 bits per heavy atom. The van der Waals surface area contributed by atoms with E-state index in [1.54, 1.807) is 0 Å². The molecule has 3 atom stereocenters. The van der Waals surface area contributed by atoms with E-state index in [9.17, 15) is 10.1 Å². The number of hydrogen-bond acceptors (Lipinski definition) is 7. The van der Waals surface area contributed by atoms with Gasteiger partial charge < -0.3 is 20.1 Å². The highest BCUT2D eigenvalue weighted by Gasteiger charge is 2.48. The van der Waals surface area contributed by atoms with Crippen molar-refractivity contribution in [2.45, 2.75) is 126 Å². The summed E-state index contributed by atoms with van der Waals surface area (Å²) in [6.45, 7) is 28.0. The molecule has 8 heteroatoms. The van der Waals surface area contributed by atoms with Crippen molar-refractivity contribution >= 4 is 17.3 Å². The lowest BCUT2D eigenvalue weighted by molar-refractivity contribution is -0.120. The van der Waals surface area contributed by atoms with Gasteiger partial charge in [-0.1, -0.05) is 34.6 Å². The van der Waals surface area contributed by atoms with Gasteiger partial charge in [0.05, 0.1) is 47.3 Å². The van der Waals surface area contributed by atoms with Gasteiger partial charge in [0.1, 0.15) is 5.54 Å². The second-order valence-electron chi connectivity index (χ2n) is 17.4. The molecule has 3 unspecified atom stereocenters. The molecule has 4 aliphatic heterocycles. The van der Waals surface area contributed by atoms with Crippen molar-refractivity contribution in [2.75, 3.05) is 13.2 Å². The predicted octanol–water partition coefficient (Wildman–Crippen LogP) is 7.31. The number of hydrogen-bond donors (Lipinski definition) is 2. The average Bonchev–Trinajstić information content (AvgIpc) is 3.51. The van der Waals surface area contributed by atoms with Gasteiger partial charge >= 0.3 is 0 Å². The van der Waals surface area contributed by atoms with Gasteiger partial charge in [0.2, 0.25) is 5.91 Å². The highest BCUT2D eigenvalue weighted by atomic mass is 16.5. The molecule has 246 valence electrons. The lowest BCUT2D eigenvalue weighted by Crippen LogP contribution is -2.44. The van der Waals surface area contributed by atoms with Crippen molar-refractivity contribution < 1.29 is 14.3 Å². The summed E-state index contributed by atoms with van der Waals surface area (Å²) in [5.41, 5.74) is 2.93. The fourth-order valence-electron chi connectivity index (χ4n) is 6.09. The number of rotatable bonds is 7. The maximum atomic E-state index is 12.5. The van der Waals surface area contributed by atoms with Crippen molar-refractivity contribution in [1.82, 2.24) is 10.6 Å². The number of nitrogens with zero attached hydrogens (tertiary/aromatic N) is 3. The molecule has 0 aromatic rings. The van der Waals surface area contributed by atoms with E-state index in [0.717, 1.165) is 47.1 Å². The lowest BCUT2D eigenvalue weighted by atomic mass is 9.75. The summed E-state index contributed by atoms with van der Waals surface area (Å²) in [5, 5.41) is 16.4. The number of carbonyl (C=O) groups is 1. The molecule has 0 aromatic carbocycles. The van der Waals surface area contributed by atoms with Crippen molar-refractivity contribution in [2.24, 2.45) is 31.6 Å². The molecular weight excluding hydrogens is 562 g/mol. The first-order chi connectivity index (χ1) is 20.4. The third kappa shape index (κ3) is 7.69. The third-order valence-electron chi connectivity index (χ3n) is 9.51. The van der Waals surface area contributed by atoms with E-state index in [2.05, 4.69) is 97.2 Å². The number of amides is 1. The Labute approximate surface area is 271 Å². The molecule has 0 aliphatic carbocycles. The summed E-state index contributed by atoms with van der Waals surface area (Å²) in [4.78, 5) is 22.8. The molecule has 2 fully saturated rings. The molecular formula is C37H55N5O3. The fraction of sp³-hybridized carbons (Fsp3) is 0.676. The van der Waals surface area contributed by atoms with E-state index < -0.39 is 16.4 Å². The van der Waals surface area contributed by atoms with Crippen LogP contribution < -0.4 is 10.6 Å². The van der Waals surface area contributed by atoms with Crippen LogP contribution >= 0.6 is 0 Å². The van der Waals surface area contributed by atoms with Gasteiger partial charge in [-0.2, -0.15) is 5.26 Å². The normalized spacial score (nSPS) is 33.7. The Hall–Kier alpha value is -3.02. The van der Waals surface area contributed by atoms with Crippen LogP contribution in [0.2, 0.25) is 0 Å². The highest BCUT2D eigenvalue weighted by Crippen LogP contribution is 2.45. The topological polar surface area (TPSA) is 108 Å². The largest absolute Gasteiger partial charge is 0.375 e. The van der Waals surface area contributed by atoms with Gasteiger partial charge in [0, 0.05) is 51.9 Å². The predicted molar refractivity (Wildman–Crippen MR) is 182 cm³/mol. The van der Waals surface area contributed by atoms with Crippen molar-refractivity contribution in [1.29, 1.82) is 5.26 Å². The molecule has 2 N–H and O–H groups in total. The zero-order valence-corrected chi connectivity index (χ0v) is 29.9. The summed E-state index contributed by atoms with van der Waals surface area (Å²) in [5.74, 6) is 0.00718. The van der Waals surface area contributed by atoms with Crippen LogP contribution in [0.5, 0.6) is 0 Å². The van der Waals surface area contributed by atoms with Crippen molar-refractivity contribution in [3.8, 4) is 6.07 Å². The van der Waals surface area contributed by atoms with Crippen LogP contribution in [0.25, 0.3) is 0 Å². The third-order valence-corrected chi connectivity index (χ3v) is 9.51. The minimum atomic E-state index is -0.646. The summed E-state index contributed by atoms with van der Waals surface area (Å²) >= 11 is 0. The van der Waals surface area contributed by atoms with Crippen LogP contribution in [0.1, 0.15) is 109 Å². The van der Waals surface area contributed by atoms with E-state index in [1.165, 1.54) is 0 Å². The van der Waals surface area contributed by atoms with Crippen LogP contribution in [0, 0.1) is 33.0 Å². The number of allylic oxidation sites excluding steroid dienone is 5. The second kappa shape index (κ2) is 11.3. The summed E-state index contributed by atoms with van der Waals surface area (Å²) < 4.78 is 12.4. The molecule has 8 nitrogen and oxygen atoms in total. The van der Waals surface area contributed by atoms with E-state index in [0.29, 0.717) is 19.6 Å². The minimum Gasteiger partial charge on any atom is -0.375 e. The van der Waals surface area contributed by atoms with Gasteiger partial charge in [-0.15, -0.1) is 0 Å². The number of nitriles is 1. The molecule has 2 saturated heterocycles. The molecule has 4 rings (SSSR count). The van der Waals surface area contributed by atoms with Crippen LogP contribution in [0.3, 0.4) is 0 Å². The van der Waals surface area contributed by atoms with E-state index in [1.807, 2.05) is 33.8 Å². The molecule has 0 bridgehead atoms. The Bertz CT molecular complexity index is 1470. The molecule has 4 heterocycles. The van der Waals surface area contributed by atoms with E-state index >= 15 is 0 Å². The van der Waals surface area contributed by atoms with Crippen LogP contribution in [-0.2, 0) is 14.3 Å². The molecule has 0 radical (unpaired) electrons. The minimum absolute atomic E-state index is 0.00718. The standard InChI is InChI=1S/C37H55N5O3/c1-31(2,3)44-22-35(11)19-24(14-26-18-34(9,10)37(13,21-38)42-26)40-29(35)16-27-33(7,8)17-25(39-27)15-28-36(12,20-30(43)41-28)23-45-32(4,5)6/h14-16,19,42H,17-18,20,22-23H2,1-13H3,(H,41,43)/b26-14-,27-16+,28-15-. The first-order valence-electron chi connectivity index (χ1n) is 16.2. The first kappa shape index (κ1) is 34.8. The van der Waals surface area contributed by atoms with Gasteiger partial charge in [0.25, 0.3) is 0 Å². The van der Waals surface area contributed by atoms with Crippen LogP contribution in [0.15, 0.2) is 57.1 Å². The quantitative estimate of drug-likeness (QED) is 0.311.